The highest BCUT2D eigenvalue weighted by atomic mass is 15.1. The number of para-hydroxylation sites is 2. The number of aromatic nitrogens is 2. The van der Waals surface area contributed by atoms with E-state index in [2.05, 4.69) is 152 Å². The van der Waals surface area contributed by atoms with Gasteiger partial charge in [-0.05, 0) is 82.5 Å². The van der Waals surface area contributed by atoms with Gasteiger partial charge in [0, 0.05) is 17.2 Å². The van der Waals surface area contributed by atoms with Crippen molar-refractivity contribution in [3.63, 3.8) is 0 Å². The van der Waals surface area contributed by atoms with E-state index in [9.17, 15) is 0 Å². The smallest absolute Gasteiger partial charge is 0.145 e. The lowest BCUT2D eigenvalue weighted by Crippen LogP contribution is -2.16. The molecule has 0 bridgehead atoms. The molecule has 2 heteroatoms. The van der Waals surface area contributed by atoms with Crippen LogP contribution in [-0.2, 0) is 6.42 Å². The Morgan fingerprint density at radius 3 is 2.16 bits per heavy atom. The van der Waals surface area contributed by atoms with Crippen LogP contribution in [-0.4, -0.2) is 9.55 Å². The van der Waals surface area contributed by atoms with Crippen molar-refractivity contribution in [3.05, 3.63) is 150 Å². The number of benzene rings is 5. The zero-order chi connectivity index (χ0) is 28.9. The molecule has 0 aliphatic heterocycles. The number of nitrogens with zero attached hydrogens (tertiary/aromatic N) is 2. The third-order valence-corrected chi connectivity index (χ3v) is 9.28. The van der Waals surface area contributed by atoms with Gasteiger partial charge in [-0.2, -0.15) is 0 Å². The third kappa shape index (κ3) is 4.29. The monoisotopic (exact) mass is 554 g/mol. The third-order valence-electron chi connectivity index (χ3n) is 9.28. The molecule has 5 aromatic carbocycles. The normalized spacial score (nSPS) is 18.0. The van der Waals surface area contributed by atoms with E-state index in [1.807, 2.05) is 0 Å². The van der Waals surface area contributed by atoms with Gasteiger partial charge in [0.2, 0.25) is 0 Å². The lowest BCUT2D eigenvalue weighted by molar-refractivity contribution is 0.636. The van der Waals surface area contributed by atoms with Gasteiger partial charge in [0.1, 0.15) is 5.82 Å². The molecule has 0 saturated carbocycles. The highest BCUT2D eigenvalue weighted by molar-refractivity contribution is 6.04. The minimum absolute atomic E-state index is 0.268. The second kappa shape index (κ2) is 10.4. The molecule has 0 radical (unpaired) electrons. The van der Waals surface area contributed by atoms with Crippen LogP contribution >= 0.6 is 0 Å². The second-order valence-electron chi connectivity index (χ2n) is 12.0. The van der Waals surface area contributed by atoms with E-state index in [1.165, 1.54) is 49.9 Å². The van der Waals surface area contributed by atoms with Crippen LogP contribution in [0, 0.1) is 5.92 Å². The Kier molecular flexibility index (Phi) is 6.22. The number of fused-ring (bicyclic) bond motifs is 3. The summed E-state index contributed by atoms with van der Waals surface area (Å²) in [5.41, 5.74) is 13.0. The van der Waals surface area contributed by atoms with Crippen molar-refractivity contribution >= 4 is 33.6 Å². The molecule has 6 aromatic rings. The van der Waals surface area contributed by atoms with Gasteiger partial charge in [0.25, 0.3) is 0 Å². The van der Waals surface area contributed by atoms with Crippen molar-refractivity contribution < 1.29 is 0 Å². The molecule has 2 aliphatic carbocycles. The van der Waals surface area contributed by atoms with E-state index in [-0.39, 0.29) is 5.92 Å². The zero-order valence-electron chi connectivity index (χ0n) is 24.7. The summed E-state index contributed by atoms with van der Waals surface area (Å²) in [4.78, 5) is 5.09. The molecule has 43 heavy (non-hydrogen) atoms. The van der Waals surface area contributed by atoms with Crippen LogP contribution in [0.4, 0.5) is 0 Å². The van der Waals surface area contributed by atoms with E-state index in [0.717, 1.165) is 35.3 Å². The van der Waals surface area contributed by atoms with Gasteiger partial charge < -0.3 is 0 Å². The van der Waals surface area contributed by atoms with Crippen molar-refractivity contribution in [1.29, 1.82) is 0 Å². The Morgan fingerprint density at radius 2 is 1.40 bits per heavy atom. The van der Waals surface area contributed by atoms with Crippen LogP contribution in [0.1, 0.15) is 42.9 Å². The maximum atomic E-state index is 5.09. The molecule has 208 valence electrons. The Morgan fingerprint density at radius 1 is 0.721 bits per heavy atom. The average Bonchev–Trinajstić information content (AvgIpc) is 3.44. The van der Waals surface area contributed by atoms with Gasteiger partial charge in [-0.15, -0.1) is 0 Å². The van der Waals surface area contributed by atoms with Crippen molar-refractivity contribution in [2.24, 2.45) is 5.92 Å². The topological polar surface area (TPSA) is 17.8 Å². The molecule has 2 nitrogen and oxygen atoms in total. The SMILES string of the molecule is CC1=Cc2c(c(-c3ccccc3)c3ccccc3c2C2C=CC(n3c(-c4ccccc4)nc4ccccc43)=CC2C)CC1. The molecule has 0 saturated heterocycles. The predicted molar refractivity (Wildman–Crippen MR) is 182 cm³/mol. The molecule has 2 unspecified atom stereocenters. The Labute approximate surface area is 253 Å². The summed E-state index contributed by atoms with van der Waals surface area (Å²) in [7, 11) is 0. The fourth-order valence-corrected chi connectivity index (χ4v) is 7.28. The maximum Gasteiger partial charge on any atom is 0.145 e. The summed E-state index contributed by atoms with van der Waals surface area (Å²) >= 11 is 0. The summed E-state index contributed by atoms with van der Waals surface area (Å²) in [6, 6.07) is 39.1. The Hall–Kier alpha value is -4.95. The zero-order valence-corrected chi connectivity index (χ0v) is 24.7. The highest BCUT2D eigenvalue weighted by Crippen LogP contribution is 2.47. The number of allylic oxidation sites excluding steroid dienone is 5. The minimum Gasteiger partial charge on any atom is -0.293 e. The van der Waals surface area contributed by atoms with Crippen molar-refractivity contribution in [3.8, 4) is 22.5 Å². The first-order valence-corrected chi connectivity index (χ1v) is 15.4. The van der Waals surface area contributed by atoms with E-state index >= 15 is 0 Å². The van der Waals surface area contributed by atoms with Gasteiger partial charge in [0.15, 0.2) is 0 Å². The van der Waals surface area contributed by atoms with E-state index in [0.29, 0.717) is 5.92 Å². The molecule has 0 N–H and O–H groups in total. The van der Waals surface area contributed by atoms with Crippen LogP contribution < -0.4 is 0 Å². The van der Waals surface area contributed by atoms with Crippen LogP contribution in [0.2, 0.25) is 0 Å². The molecule has 0 spiro atoms. The molecule has 1 heterocycles. The quantitative estimate of drug-likeness (QED) is 0.212. The summed E-state index contributed by atoms with van der Waals surface area (Å²) < 4.78 is 2.34. The van der Waals surface area contributed by atoms with Gasteiger partial charge in [-0.3, -0.25) is 4.57 Å². The summed E-state index contributed by atoms with van der Waals surface area (Å²) in [6.45, 7) is 4.67. The Balaban J connectivity index is 1.31. The lowest BCUT2D eigenvalue weighted by atomic mass is 9.73. The first kappa shape index (κ1) is 25.7. The van der Waals surface area contributed by atoms with Crippen LogP contribution in [0.25, 0.3) is 56.1 Å². The Bertz CT molecular complexity index is 2090. The summed E-state index contributed by atoms with van der Waals surface area (Å²) in [5, 5.41) is 2.72. The fourth-order valence-electron chi connectivity index (χ4n) is 7.28. The molecule has 1 aromatic heterocycles. The first-order chi connectivity index (χ1) is 21.2. The van der Waals surface area contributed by atoms with Gasteiger partial charge in [-0.25, -0.2) is 4.98 Å². The minimum atomic E-state index is 0.268. The number of hydrogen-bond donors (Lipinski definition) is 0. The van der Waals surface area contributed by atoms with Crippen LogP contribution in [0.15, 0.2) is 133 Å². The van der Waals surface area contributed by atoms with Crippen molar-refractivity contribution in [2.45, 2.75) is 32.6 Å². The lowest BCUT2D eigenvalue weighted by Gasteiger charge is -2.31. The molecule has 2 aliphatic rings. The van der Waals surface area contributed by atoms with E-state index < -0.39 is 0 Å². The number of imidazole rings is 1. The molecular formula is C41H34N2. The highest BCUT2D eigenvalue weighted by Gasteiger charge is 2.29. The summed E-state index contributed by atoms with van der Waals surface area (Å²) in [6.07, 6.45) is 11.9. The van der Waals surface area contributed by atoms with Crippen LogP contribution in [0.3, 0.4) is 0 Å². The molecule has 2 atom stereocenters. The van der Waals surface area contributed by atoms with Gasteiger partial charge in [-0.1, -0.05) is 128 Å². The molecular weight excluding hydrogens is 520 g/mol. The molecule has 0 amide bonds. The largest absolute Gasteiger partial charge is 0.293 e. The van der Waals surface area contributed by atoms with Crippen molar-refractivity contribution in [2.75, 3.05) is 0 Å². The first-order valence-electron chi connectivity index (χ1n) is 15.4. The predicted octanol–water partition coefficient (Wildman–Crippen LogP) is 10.7. The average molecular weight is 555 g/mol. The fraction of sp³-hybridized carbons (Fsp3) is 0.146. The van der Waals surface area contributed by atoms with Gasteiger partial charge in [0.05, 0.1) is 11.0 Å². The molecule has 0 fully saturated rings. The number of hydrogen-bond acceptors (Lipinski definition) is 1. The van der Waals surface area contributed by atoms with Gasteiger partial charge >= 0.3 is 0 Å². The maximum absolute atomic E-state index is 5.09. The molecule has 8 rings (SSSR count). The second-order valence-corrected chi connectivity index (χ2v) is 12.0. The number of rotatable bonds is 4. The van der Waals surface area contributed by atoms with E-state index in [1.54, 1.807) is 0 Å². The summed E-state index contributed by atoms with van der Waals surface area (Å²) in [5.74, 6) is 1.55. The standard InChI is InChI=1S/C41H34N2/c1-27-21-23-35-36(25-27)40(34-18-10-9-17-33(34)39(35)29-13-5-3-6-14-29)32-24-22-31(26-28(32)2)43-38-20-12-11-19-37(38)42-41(43)30-15-7-4-8-16-30/h3-20,22,24-26,28,32H,21,23H2,1-2H3. The van der Waals surface area contributed by atoms with E-state index in [4.69, 9.17) is 4.98 Å². The van der Waals surface area contributed by atoms with Crippen molar-refractivity contribution in [1.82, 2.24) is 9.55 Å². The van der Waals surface area contributed by atoms with Crippen LogP contribution in [0.5, 0.6) is 0 Å².